The Morgan fingerprint density at radius 2 is 2.12 bits per heavy atom. The molecule has 0 bridgehead atoms. The number of halogens is 1. The normalized spacial score (nSPS) is 11.3. The van der Waals surface area contributed by atoms with E-state index in [1.165, 1.54) is 47.9 Å². The van der Waals surface area contributed by atoms with E-state index in [2.05, 4.69) is 20.4 Å². The van der Waals surface area contributed by atoms with Gasteiger partial charge in [0.25, 0.3) is 5.91 Å². The maximum Gasteiger partial charge on any atom is 0.258 e. The van der Waals surface area contributed by atoms with Gasteiger partial charge >= 0.3 is 0 Å². The third-order valence-corrected chi connectivity index (χ3v) is 5.53. The van der Waals surface area contributed by atoms with E-state index in [9.17, 15) is 13.2 Å². The summed E-state index contributed by atoms with van der Waals surface area (Å²) in [6, 6.07) is 7.50. The molecule has 12 heteroatoms. The van der Waals surface area contributed by atoms with Gasteiger partial charge in [-0.3, -0.25) is 4.79 Å². The number of nitrogens with one attached hydrogen (secondary N) is 1. The number of rotatable bonds is 7. The van der Waals surface area contributed by atoms with Crippen LogP contribution in [0.15, 0.2) is 70.8 Å². The number of carbonyl (C=O) groups excluding carboxylic acids is 1. The average Bonchev–Trinajstić information content (AvgIpc) is 3.44. The summed E-state index contributed by atoms with van der Waals surface area (Å²) in [6.45, 7) is 0.144. The molecule has 3 heterocycles. The number of pyridine rings is 1. The smallest absolute Gasteiger partial charge is 0.258 e. The summed E-state index contributed by atoms with van der Waals surface area (Å²) < 4.78 is 35.9. The van der Waals surface area contributed by atoms with E-state index in [0.717, 1.165) is 6.26 Å². The Morgan fingerprint density at radius 1 is 1.28 bits per heavy atom. The van der Waals surface area contributed by atoms with Crippen molar-refractivity contribution in [3.8, 4) is 11.6 Å². The average molecular weight is 474 g/mol. The third kappa shape index (κ3) is 4.95. The summed E-state index contributed by atoms with van der Waals surface area (Å²) in [5.41, 5.74) is 0.460. The van der Waals surface area contributed by atoms with Crippen molar-refractivity contribution in [2.45, 2.75) is 11.5 Å². The topological polar surface area (TPSA) is 129 Å². The molecule has 1 N–H and O–H groups in total. The molecule has 0 saturated heterocycles. The summed E-state index contributed by atoms with van der Waals surface area (Å²) in [5.74, 6) is 0.827. The number of hydrogen-bond acceptors (Lipinski definition) is 8. The van der Waals surface area contributed by atoms with Crippen molar-refractivity contribution in [1.29, 1.82) is 0 Å². The highest BCUT2D eigenvalue weighted by Gasteiger charge is 2.16. The van der Waals surface area contributed by atoms with Crippen LogP contribution in [0.5, 0.6) is 5.75 Å². The highest BCUT2D eigenvalue weighted by molar-refractivity contribution is 7.90. The maximum absolute atomic E-state index is 12.7. The van der Waals surface area contributed by atoms with Crippen molar-refractivity contribution in [2.24, 2.45) is 0 Å². The first-order chi connectivity index (χ1) is 15.3. The number of aromatic nitrogens is 4. The van der Waals surface area contributed by atoms with Gasteiger partial charge in [-0.15, -0.1) is 0 Å². The molecule has 164 valence electrons. The Bertz CT molecular complexity index is 1370. The van der Waals surface area contributed by atoms with Crippen molar-refractivity contribution in [2.75, 3.05) is 11.6 Å². The van der Waals surface area contributed by atoms with E-state index >= 15 is 0 Å². The van der Waals surface area contributed by atoms with Crippen LogP contribution < -0.4 is 10.1 Å². The number of oxazole rings is 1. The minimum Gasteiger partial charge on any atom is -0.482 e. The Kier molecular flexibility index (Phi) is 5.93. The summed E-state index contributed by atoms with van der Waals surface area (Å²) in [6.07, 6.45) is 8.30. The molecule has 1 aromatic carbocycles. The first kappa shape index (κ1) is 21.5. The lowest BCUT2D eigenvalue weighted by atomic mass is 10.3. The molecule has 4 aromatic rings. The van der Waals surface area contributed by atoms with Crippen LogP contribution >= 0.6 is 11.6 Å². The molecule has 0 atom stereocenters. The Labute approximate surface area is 187 Å². The van der Waals surface area contributed by atoms with Crippen LogP contribution in [-0.4, -0.2) is 40.3 Å². The van der Waals surface area contributed by atoms with Crippen LogP contribution in [0.25, 0.3) is 5.82 Å². The highest BCUT2D eigenvalue weighted by Crippen LogP contribution is 2.24. The number of amides is 1. The van der Waals surface area contributed by atoms with Crippen molar-refractivity contribution in [3.63, 3.8) is 0 Å². The molecule has 0 fully saturated rings. The molecule has 4 rings (SSSR count). The van der Waals surface area contributed by atoms with Gasteiger partial charge in [0.15, 0.2) is 33.6 Å². The van der Waals surface area contributed by atoms with Gasteiger partial charge in [0.05, 0.1) is 22.9 Å². The van der Waals surface area contributed by atoms with Gasteiger partial charge in [0.2, 0.25) is 0 Å². The fraction of sp³-hybridized carbons (Fsp3) is 0.100. The lowest BCUT2D eigenvalue weighted by molar-refractivity contribution is 0.102. The molecule has 0 unspecified atom stereocenters. The first-order valence-electron chi connectivity index (χ1n) is 9.12. The maximum atomic E-state index is 12.7. The van der Waals surface area contributed by atoms with Gasteiger partial charge in [-0.2, -0.15) is 5.10 Å². The molecule has 0 aliphatic heterocycles. The second-order valence-corrected chi connectivity index (χ2v) is 9.11. The van der Waals surface area contributed by atoms with Crippen molar-refractivity contribution >= 4 is 33.0 Å². The van der Waals surface area contributed by atoms with Crippen molar-refractivity contribution in [3.05, 3.63) is 77.9 Å². The van der Waals surface area contributed by atoms with Crippen LogP contribution in [0.4, 0.5) is 5.69 Å². The van der Waals surface area contributed by atoms with Gasteiger partial charge < -0.3 is 14.5 Å². The summed E-state index contributed by atoms with van der Waals surface area (Å²) in [5, 5.41) is 6.99. The second kappa shape index (κ2) is 8.81. The molecular formula is C20H16ClN5O5S. The van der Waals surface area contributed by atoms with E-state index in [-0.39, 0.29) is 27.8 Å². The molecule has 0 radical (unpaired) electrons. The minimum atomic E-state index is -3.49. The molecule has 0 spiro atoms. The molecule has 0 saturated carbocycles. The predicted molar refractivity (Wildman–Crippen MR) is 115 cm³/mol. The lowest BCUT2D eigenvalue weighted by Crippen LogP contribution is -2.12. The molecule has 10 nitrogen and oxygen atoms in total. The summed E-state index contributed by atoms with van der Waals surface area (Å²) in [4.78, 5) is 20.8. The molecule has 0 aliphatic rings. The minimum absolute atomic E-state index is 0.00183. The second-order valence-electron chi connectivity index (χ2n) is 6.66. The van der Waals surface area contributed by atoms with E-state index in [1.54, 1.807) is 18.3 Å². The first-order valence-corrected chi connectivity index (χ1v) is 11.4. The highest BCUT2D eigenvalue weighted by atomic mass is 35.5. The molecule has 0 aliphatic carbocycles. The molecule has 1 amide bonds. The van der Waals surface area contributed by atoms with E-state index in [1.807, 2.05) is 0 Å². The SMILES string of the molecule is CS(=O)(=O)c1cc(Cl)cc(NC(=O)c2cnn(-c3ncccc3OCc3cnco3)c2)c1. The van der Waals surface area contributed by atoms with Gasteiger partial charge in [-0.1, -0.05) is 11.6 Å². The van der Waals surface area contributed by atoms with Crippen LogP contribution in [0.1, 0.15) is 16.1 Å². The Balaban J connectivity index is 1.53. The van der Waals surface area contributed by atoms with Gasteiger partial charge in [0, 0.05) is 29.4 Å². The predicted octanol–water partition coefficient (Wildman–Crippen LogP) is 3.14. The zero-order valence-electron chi connectivity index (χ0n) is 16.6. The number of anilines is 1. The van der Waals surface area contributed by atoms with E-state index < -0.39 is 15.7 Å². The van der Waals surface area contributed by atoms with Crippen LogP contribution in [-0.2, 0) is 16.4 Å². The summed E-state index contributed by atoms with van der Waals surface area (Å²) >= 11 is 5.99. The van der Waals surface area contributed by atoms with Gasteiger partial charge in [-0.05, 0) is 30.3 Å². The number of benzene rings is 1. The standard InChI is InChI=1S/C20H16ClN5O5S/c1-32(28,29)17-6-14(21)5-15(7-17)25-20(27)13-8-24-26(10-13)19-18(3-2-4-23-19)30-11-16-9-22-12-31-16/h2-10,12H,11H2,1H3,(H,25,27). The van der Waals surface area contributed by atoms with Crippen LogP contribution in [0.3, 0.4) is 0 Å². The number of ether oxygens (including phenoxy) is 1. The van der Waals surface area contributed by atoms with Gasteiger partial charge in [0.1, 0.15) is 6.61 Å². The zero-order chi connectivity index (χ0) is 22.7. The fourth-order valence-corrected chi connectivity index (χ4v) is 3.72. The number of nitrogens with zero attached hydrogens (tertiary/aromatic N) is 4. The molecule has 32 heavy (non-hydrogen) atoms. The zero-order valence-corrected chi connectivity index (χ0v) is 18.2. The lowest BCUT2D eigenvalue weighted by Gasteiger charge is -2.09. The Hall–Kier alpha value is -3.70. The third-order valence-electron chi connectivity index (χ3n) is 4.22. The van der Waals surface area contributed by atoms with Crippen LogP contribution in [0, 0.1) is 0 Å². The molecule has 3 aromatic heterocycles. The Morgan fingerprint density at radius 3 is 2.88 bits per heavy atom. The van der Waals surface area contributed by atoms with Gasteiger partial charge in [-0.25, -0.2) is 23.1 Å². The number of carbonyl (C=O) groups is 1. The van der Waals surface area contributed by atoms with E-state index in [4.69, 9.17) is 20.8 Å². The van der Waals surface area contributed by atoms with E-state index in [0.29, 0.717) is 17.3 Å². The van der Waals surface area contributed by atoms with Crippen molar-refractivity contribution < 1.29 is 22.4 Å². The van der Waals surface area contributed by atoms with Crippen molar-refractivity contribution in [1.82, 2.24) is 19.7 Å². The monoisotopic (exact) mass is 473 g/mol. The quantitative estimate of drug-likeness (QED) is 0.433. The fourth-order valence-electron chi connectivity index (χ4n) is 2.74. The number of sulfone groups is 1. The summed E-state index contributed by atoms with van der Waals surface area (Å²) in [7, 11) is -3.49. The van der Waals surface area contributed by atoms with Crippen LogP contribution in [0.2, 0.25) is 5.02 Å². The largest absolute Gasteiger partial charge is 0.482 e. The molecular weight excluding hydrogens is 458 g/mol. The number of hydrogen-bond donors (Lipinski definition) is 1.